The smallest absolute Gasteiger partial charge is 0.0850 e. The van der Waals surface area contributed by atoms with Crippen molar-refractivity contribution in [2.24, 2.45) is 5.73 Å². The van der Waals surface area contributed by atoms with E-state index < -0.39 is 0 Å². The second kappa shape index (κ2) is 3.67. The third kappa shape index (κ3) is 1.53. The number of pyridine rings is 1. The van der Waals surface area contributed by atoms with E-state index in [0.29, 0.717) is 6.54 Å². The quantitative estimate of drug-likeness (QED) is 0.846. The Kier molecular flexibility index (Phi) is 2.52. The van der Waals surface area contributed by atoms with Crippen molar-refractivity contribution < 1.29 is 0 Å². The number of fused-ring (bicyclic) bond motifs is 1. The summed E-state index contributed by atoms with van der Waals surface area (Å²) in [5.41, 5.74) is 8.84. The van der Waals surface area contributed by atoms with Gasteiger partial charge in [-0.2, -0.15) is 0 Å². The first kappa shape index (κ1) is 9.62. The summed E-state index contributed by atoms with van der Waals surface area (Å²) in [5.74, 6) is 0. The fourth-order valence-corrected chi connectivity index (χ4v) is 2.05. The summed E-state index contributed by atoms with van der Waals surface area (Å²) in [6.45, 7) is 2.54. The average molecular weight is 251 g/mol. The zero-order valence-electron chi connectivity index (χ0n) is 7.92. The zero-order valence-corrected chi connectivity index (χ0v) is 9.51. The molecule has 3 heteroatoms. The molecule has 2 N–H and O–H groups in total. The molecule has 0 aliphatic carbocycles. The largest absolute Gasteiger partial charge is 0.326 e. The molecule has 72 valence electrons. The average Bonchev–Trinajstić information content (AvgIpc) is 2.18. The van der Waals surface area contributed by atoms with Crippen LogP contribution in [-0.2, 0) is 6.54 Å². The van der Waals surface area contributed by atoms with E-state index in [4.69, 9.17) is 5.73 Å². The molecule has 0 saturated heterocycles. The van der Waals surface area contributed by atoms with Crippen molar-refractivity contribution in [1.82, 2.24) is 4.98 Å². The monoisotopic (exact) mass is 250 g/mol. The summed E-state index contributed by atoms with van der Waals surface area (Å²) >= 11 is 3.49. The lowest BCUT2D eigenvalue weighted by Gasteiger charge is -2.06. The zero-order chi connectivity index (χ0) is 10.1. The number of aromatic nitrogens is 1. The van der Waals surface area contributed by atoms with Crippen molar-refractivity contribution in [2.45, 2.75) is 13.5 Å². The Morgan fingerprint density at radius 3 is 2.93 bits per heavy atom. The summed E-state index contributed by atoms with van der Waals surface area (Å²) in [6, 6.07) is 8.08. The van der Waals surface area contributed by atoms with Gasteiger partial charge in [-0.3, -0.25) is 4.98 Å². The molecule has 0 unspecified atom stereocenters. The van der Waals surface area contributed by atoms with Crippen LogP contribution in [-0.4, -0.2) is 4.98 Å². The van der Waals surface area contributed by atoms with Gasteiger partial charge in [-0.1, -0.05) is 12.1 Å². The Bertz CT molecular complexity index is 480. The maximum atomic E-state index is 5.69. The molecule has 1 aromatic heterocycles. The van der Waals surface area contributed by atoms with Crippen LogP contribution in [0.15, 0.2) is 28.7 Å². The van der Waals surface area contributed by atoms with Gasteiger partial charge in [0.05, 0.1) is 5.52 Å². The van der Waals surface area contributed by atoms with E-state index in [-0.39, 0.29) is 0 Å². The van der Waals surface area contributed by atoms with Crippen LogP contribution >= 0.6 is 15.9 Å². The number of hydrogen-bond donors (Lipinski definition) is 1. The lowest BCUT2D eigenvalue weighted by molar-refractivity contribution is 1.07. The predicted molar refractivity (Wildman–Crippen MR) is 62.1 cm³/mol. The van der Waals surface area contributed by atoms with Crippen LogP contribution in [0, 0.1) is 6.92 Å². The molecule has 14 heavy (non-hydrogen) atoms. The molecule has 0 atom stereocenters. The van der Waals surface area contributed by atoms with Crippen molar-refractivity contribution in [3.63, 3.8) is 0 Å². The fourth-order valence-electron chi connectivity index (χ4n) is 1.60. The third-order valence-electron chi connectivity index (χ3n) is 2.22. The minimum absolute atomic E-state index is 0.552. The molecular formula is C11H11BrN2. The van der Waals surface area contributed by atoms with Crippen LogP contribution in [0.5, 0.6) is 0 Å². The van der Waals surface area contributed by atoms with Gasteiger partial charge in [-0.25, -0.2) is 0 Å². The molecule has 1 heterocycles. The van der Waals surface area contributed by atoms with E-state index in [1.54, 1.807) is 0 Å². The van der Waals surface area contributed by atoms with Crippen molar-refractivity contribution in [3.05, 3.63) is 40.0 Å². The summed E-state index contributed by atoms with van der Waals surface area (Å²) in [4.78, 5) is 4.48. The van der Waals surface area contributed by atoms with Crippen LogP contribution < -0.4 is 5.73 Å². The minimum Gasteiger partial charge on any atom is -0.326 e. The molecule has 0 radical (unpaired) electrons. The van der Waals surface area contributed by atoms with Crippen LogP contribution in [0.3, 0.4) is 0 Å². The number of nitrogens with zero attached hydrogens (tertiary/aromatic N) is 1. The Morgan fingerprint density at radius 1 is 1.43 bits per heavy atom. The predicted octanol–water partition coefficient (Wildman–Crippen LogP) is 2.76. The highest BCUT2D eigenvalue weighted by Crippen LogP contribution is 2.25. The molecule has 0 saturated carbocycles. The highest BCUT2D eigenvalue weighted by Gasteiger charge is 2.04. The number of nitrogens with two attached hydrogens (primary N) is 1. The first-order chi connectivity index (χ1) is 6.72. The van der Waals surface area contributed by atoms with Crippen LogP contribution in [0.25, 0.3) is 10.9 Å². The summed E-state index contributed by atoms with van der Waals surface area (Å²) in [5, 5.41) is 1.13. The van der Waals surface area contributed by atoms with Crippen molar-refractivity contribution in [3.8, 4) is 0 Å². The van der Waals surface area contributed by atoms with Gasteiger partial charge < -0.3 is 5.73 Å². The van der Waals surface area contributed by atoms with Crippen molar-refractivity contribution in [1.29, 1.82) is 0 Å². The van der Waals surface area contributed by atoms with Gasteiger partial charge in [0.1, 0.15) is 0 Å². The normalized spacial score (nSPS) is 10.8. The van der Waals surface area contributed by atoms with Gasteiger partial charge in [-0.05, 0) is 40.5 Å². The molecule has 0 aliphatic heterocycles. The van der Waals surface area contributed by atoms with E-state index in [9.17, 15) is 0 Å². The Hall–Kier alpha value is -0.930. The van der Waals surface area contributed by atoms with E-state index >= 15 is 0 Å². The summed E-state index contributed by atoms with van der Waals surface area (Å²) < 4.78 is 1.02. The number of para-hydroxylation sites is 1. The topological polar surface area (TPSA) is 38.9 Å². The van der Waals surface area contributed by atoms with Gasteiger partial charge in [-0.15, -0.1) is 0 Å². The minimum atomic E-state index is 0.552. The van der Waals surface area contributed by atoms with E-state index in [2.05, 4.69) is 27.0 Å². The van der Waals surface area contributed by atoms with Crippen LogP contribution in [0.1, 0.15) is 11.3 Å². The first-order valence-electron chi connectivity index (χ1n) is 4.47. The van der Waals surface area contributed by atoms with Gasteiger partial charge in [0, 0.05) is 22.1 Å². The number of halogens is 1. The molecule has 2 aromatic rings. The second-order valence-electron chi connectivity index (χ2n) is 3.26. The van der Waals surface area contributed by atoms with E-state index in [1.807, 2.05) is 25.1 Å². The molecule has 1 aromatic carbocycles. The maximum Gasteiger partial charge on any atom is 0.0850 e. The Labute approximate surface area is 91.3 Å². The molecule has 0 aliphatic rings. The lowest BCUT2D eigenvalue weighted by atomic mass is 10.1. The molecule has 0 fully saturated rings. The van der Waals surface area contributed by atoms with Crippen molar-refractivity contribution >= 4 is 26.8 Å². The SMILES string of the molecule is Cc1cc(CN)c2cccc(Br)c2n1. The molecular weight excluding hydrogens is 240 g/mol. The third-order valence-corrected chi connectivity index (χ3v) is 2.86. The maximum absolute atomic E-state index is 5.69. The molecule has 2 nitrogen and oxygen atoms in total. The van der Waals surface area contributed by atoms with Crippen molar-refractivity contribution in [2.75, 3.05) is 0 Å². The standard InChI is InChI=1S/C11H11BrN2/c1-7-5-8(6-13)9-3-2-4-10(12)11(9)14-7/h2-5H,6,13H2,1H3. The van der Waals surface area contributed by atoms with Crippen LogP contribution in [0.4, 0.5) is 0 Å². The van der Waals surface area contributed by atoms with E-state index in [0.717, 1.165) is 26.6 Å². The summed E-state index contributed by atoms with van der Waals surface area (Å²) in [7, 11) is 0. The van der Waals surface area contributed by atoms with E-state index in [1.165, 1.54) is 0 Å². The highest BCUT2D eigenvalue weighted by atomic mass is 79.9. The number of rotatable bonds is 1. The number of hydrogen-bond acceptors (Lipinski definition) is 2. The Morgan fingerprint density at radius 2 is 2.21 bits per heavy atom. The van der Waals surface area contributed by atoms with Gasteiger partial charge in [0.25, 0.3) is 0 Å². The summed E-state index contributed by atoms with van der Waals surface area (Å²) in [6.07, 6.45) is 0. The lowest BCUT2D eigenvalue weighted by Crippen LogP contribution is -1.99. The first-order valence-corrected chi connectivity index (χ1v) is 5.26. The molecule has 0 amide bonds. The molecule has 2 rings (SSSR count). The Balaban J connectivity index is 2.87. The van der Waals surface area contributed by atoms with Gasteiger partial charge in [0.15, 0.2) is 0 Å². The fraction of sp³-hybridized carbons (Fsp3) is 0.182. The molecule has 0 spiro atoms. The van der Waals surface area contributed by atoms with Gasteiger partial charge in [0.2, 0.25) is 0 Å². The molecule has 0 bridgehead atoms. The number of aryl methyl sites for hydroxylation is 1. The van der Waals surface area contributed by atoms with Gasteiger partial charge >= 0.3 is 0 Å². The highest BCUT2D eigenvalue weighted by molar-refractivity contribution is 9.10. The second-order valence-corrected chi connectivity index (χ2v) is 4.12. The van der Waals surface area contributed by atoms with Crippen LogP contribution in [0.2, 0.25) is 0 Å². The number of benzene rings is 1.